The van der Waals surface area contributed by atoms with E-state index in [0.717, 1.165) is 11.3 Å². The molecular weight excluding hydrogens is 360 g/mol. The van der Waals surface area contributed by atoms with Gasteiger partial charge in [-0.05, 0) is 48.4 Å². The van der Waals surface area contributed by atoms with Crippen LogP contribution in [-0.4, -0.2) is 41.4 Å². The van der Waals surface area contributed by atoms with E-state index in [-0.39, 0.29) is 23.8 Å². The summed E-state index contributed by atoms with van der Waals surface area (Å²) in [5.41, 5.74) is 2.25. The van der Waals surface area contributed by atoms with E-state index >= 15 is 0 Å². The van der Waals surface area contributed by atoms with Gasteiger partial charge in [-0.1, -0.05) is 12.1 Å². The second-order valence-electron chi connectivity index (χ2n) is 6.85. The SMILES string of the molecule is COc1ccc(CN2CC(C(=O)Nc3ccc(C(=O)O)c(C)c3)CC2=O)cc1. The van der Waals surface area contributed by atoms with Crippen LogP contribution in [0.5, 0.6) is 5.75 Å². The van der Waals surface area contributed by atoms with Gasteiger partial charge in [-0.2, -0.15) is 0 Å². The topological polar surface area (TPSA) is 95.9 Å². The van der Waals surface area contributed by atoms with E-state index in [0.29, 0.717) is 24.3 Å². The molecule has 2 amide bonds. The van der Waals surface area contributed by atoms with E-state index in [2.05, 4.69) is 5.32 Å². The number of ether oxygens (including phenoxy) is 1. The highest BCUT2D eigenvalue weighted by atomic mass is 16.5. The first kappa shape index (κ1) is 19.4. The highest BCUT2D eigenvalue weighted by Crippen LogP contribution is 2.23. The zero-order valence-electron chi connectivity index (χ0n) is 15.8. The smallest absolute Gasteiger partial charge is 0.335 e. The Morgan fingerprint density at radius 2 is 1.93 bits per heavy atom. The van der Waals surface area contributed by atoms with Gasteiger partial charge in [-0.3, -0.25) is 9.59 Å². The quantitative estimate of drug-likeness (QED) is 0.801. The van der Waals surface area contributed by atoms with Gasteiger partial charge in [-0.25, -0.2) is 4.79 Å². The molecule has 0 aliphatic carbocycles. The fourth-order valence-corrected chi connectivity index (χ4v) is 3.28. The van der Waals surface area contributed by atoms with Crippen molar-refractivity contribution >= 4 is 23.5 Å². The van der Waals surface area contributed by atoms with E-state index in [1.807, 2.05) is 24.3 Å². The van der Waals surface area contributed by atoms with E-state index in [4.69, 9.17) is 9.84 Å². The minimum Gasteiger partial charge on any atom is -0.497 e. The van der Waals surface area contributed by atoms with Gasteiger partial charge >= 0.3 is 5.97 Å². The molecule has 7 heteroatoms. The second-order valence-corrected chi connectivity index (χ2v) is 6.85. The normalized spacial score (nSPS) is 16.1. The predicted octanol–water partition coefficient (Wildman–Crippen LogP) is 2.69. The fourth-order valence-electron chi connectivity index (χ4n) is 3.28. The van der Waals surface area contributed by atoms with E-state index in [1.54, 1.807) is 31.1 Å². The standard InChI is InChI=1S/C21H22N2O5/c1-13-9-16(5-8-18(13)21(26)27)22-20(25)15-10-19(24)23(12-15)11-14-3-6-17(28-2)7-4-14/h3-9,15H,10-12H2,1-2H3,(H,22,25)(H,26,27). The van der Waals surface area contributed by atoms with Crippen LogP contribution in [0, 0.1) is 12.8 Å². The van der Waals surface area contributed by atoms with Crippen molar-refractivity contribution in [2.75, 3.05) is 19.0 Å². The van der Waals surface area contributed by atoms with Crippen molar-refractivity contribution in [2.24, 2.45) is 5.92 Å². The molecule has 2 aromatic carbocycles. The number of nitrogens with zero attached hydrogens (tertiary/aromatic N) is 1. The number of methoxy groups -OCH3 is 1. The van der Waals surface area contributed by atoms with Crippen molar-refractivity contribution in [1.29, 1.82) is 0 Å². The van der Waals surface area contributed by atoms with Crippen LogP contribution in [0.25, 0.3) is 0 Å². The van der Waals surface area contributed by atoms with Gasteiger partial charge in [0.25, 0.3) is 0 Å². The Kier molecular flexibility index (Phi) is 5.63. The number of carbonyl (C=O) groups is 3. The Labute approximate surface area is 162 Å². The zero-order valence-corrected chi connectivity index (χ0v) is 15.8. The number of nitrogens with one attached hydrogen (secondary N) is 1. The largest absolute Gasteiger partial charge is 0.497 e. The fraction of sp³-hybridized carbons (Fsp3) is 0.286. The number of hydrogen-bond donors (Lipinski definition) is 2. The number of carbonyl (C=O) groups excluding carboxylic acids is 2. The monoisotopic (exact) mass is 382 g/mol. The molecule has 0 spiro atoms. The third-order valence-corrected chi connectivity index (χ3v) is 4.84. The van der Waals surface area contributed by atoms with Crippen LogP contribution in [0.2, 0.25) is 0 Å². The molecule has 1 fully saturated rings. The number of benzene rings is 2. The lowest BCUT2D eigenvalue weighted by molar-refractivity contribution is -0.128. The van der Waals surface area contributed by atoms with Gasteiger partial charge in [0.2, 0.25) is 11.8 Å². The molecule has 3 rings (SSSR count). The van der Waals surface area contributed by atoms with E-state index in [9.17, 15) is 14.4 Å². The van der Waals surface area contributed by atoms with Crippen LogP contribution in [0.15, 0.2) is 42.5 Å². The summed E-state index contributed by atoms with van der Waals surface area (Å²) >= 11 is 0. The van der Waals surface area contributed by atoms with Gasteiger partial charge < -0.3 is 20.1 Å². The first-order valence-corrected chi connectivity index (χ1v) is 8.93. The molecule has 2 aromatic rings. The molecule has 1 aliphatic heterocycles. The molecule has 0 bridgehead atoms. The van der Waals surface area contributed by atoms with Gasteiger partial charge in [0.05, 0.1) is 18.6 Å². The summed E-state index contributed by atoms with van der Waals surface area (Å²) < 4.78 is 5.13. The van der Waals surface area contributed by atoms with Crippen LogP contribution in [0.4, 0.5) is 5.69 Å². The Morgan fingerprint density at radius 3 is 2.54 bits per heavy atom. The van der Waals surface area contributed by atoms with Crippen molar-refractivity contribution in [3.63, 3.8) is 0 Å². The molecule has 146 valence electrons. The Balaban J connectivity index is 1.61. The Bertz CT molecular complexity index is 908. The van der Waals surface area contributed by atoms with E-state index < -0.39 is 11.9 Å². The predicted molar refractivity (Wildman–Crippen MR) is 103 cm³/mol. The van der Waals surface area contributed by atoms with Crippen LogP contribution in [-0.2, 0) is 16.1 Å². The summed E-state index contributed by atoms with van der Waals surface area (Å²) in [5.74, 6) is -1.00. The number of anilines is 1. The number of aromatic carboxylic acids is 1. The average molecular weight is 382 g/mol. The molecule has 1 heterocycles. The van der Waals surface area contributed by atoms with Gasteiger partial charge in [-0.15, -0.1) is 0 Å². The maximum Gasteiger partial charge on any atom is 0.335 e. The van der Waals surface area contributed by atoms with E-state index in [1.165, 1.54) is 6.07 Å². The van der Waals surface area contributed by atoms with Crippen LogP contribution in [0.1, 0.15) is 27.9 Å². The number of aryl methyl sites for hydroxylation is 1. The minimum atomic E-state index is -1.01. The molecule has 28 heavy (non-hydrogen) atoms. The van der Waals surface area contributed by atoms with Gasteiger partial charge in [0.1, 0.15) is 5.75 Å². The summed E-state index contributed by atoms with van der Waals surface area (Å²) in [4.78, 5) is 37.6. The number of amides is 2. The third-order valence-electron chi connectivity index (χ3n) is 4.84. The molecule has 1 unspecified atom stereocenters. The van der Waals surface area contributed by atoms with Gasteiger partial charge in [0, 0.05) is 25.2 Å². The van der Waals surface area contributed by atoms with Gasteiger partial charge in [0.15, 0.2) is 0 Å². The molecule has 1 saturated heterocycles. The summed E-state index contributed by atoms with van der Waals surface area (Å²) in [7, 11) is 1.60. The maximum absolute atomic E-state index is 12.5. The maximum atomic E-state index is 12.5. The minimum absolute atomic E-state index is 0.0617. The lowest BCUT2D eigenvalue weighted by Gasteiger charge is -2.17. The number of carboxylic acid groups (broad SMARTS) is 1. The van der Waals surface area contributed by atoms with Crippen LogP contribution in [0.3, 0.4) is 0 Å². The Morgan fingerprint density at radius 1 is 1.21 bits per heavy atom. The molecule has 7 nitrogen and oxygen atoms in total. The Hall–Kier alpha value is -3.35. The molecule has 1 aliphatic rings. The summed E-state index contributed by atoms with van der Waals surface area (Å²) in [6, 6.07) is 12.1. The molecule has 2 N–H and O–H groups in total. The van der Waals surface area contributed by atoms with Crippen molar-refractivity contribution in [3.05, 3.63) is 59.2 Å². The molecular formula is C21H22N2O5. The summed E-state index contributed by atoms with van der Waals surface area (Å²) in [6.45, 7) is 2.47. The number of likely N-dealkylation sites (tertiary alicyclic amines) is 1. The van der Waals surface area contributed by atoms with Crippen LogP contribution < -0.4 is 10.1 Å². The molecule has 0 aromatic heterocycles. The van der Waals surface area contributed by atoms with Crippen molar-refractivity contribution < 1.29 is 24.2 Å². The highest BCUT2D eigenvalue weighted by molar-refractivity contribution is 5.98. The van der Waals surface area contributed by atoms with Crippen LogP contribution >= 0.6 is 0 Å². The van der Waals surface area contributed by atoms with Crippen molar-refractivity contribution in [2.45, 2.75) is 19.9 Å². The highest BCUT2D eigenvalue weighted by Gasteiger charge is 2.34. The number of carboxylic acids is 1. The van der Waals surface area contributed by atoms with Crippen molar-refractivity contribution in [3.8, 4) is 5.75 Å². The second kappa shape index (κ2) is 8.12. The lowest BCUT2D eigenvalue weighted by atomic mass is 10.1. The zero-order chi connectivity index (χ0) is 20.3. The summed E-state index contributed by atoms with van der Waals surface area (Å²) in [6.07, 6.45) is 0.161. The molecule has 1 atom stereocenters. The number of hydrogen-bond acceptors (Lipinski definition) is 4. The lowest BCUT2D eigenvalue weighted by Crippen LogP contribution is -2.28. The third kappa shape index (κ3) is 4.31. The van der Waals surface area contributed by atoms with Crippen molar-refractivity contribution in [1.82, 2.24) is 4.90 Å². The molecule has 0 saturated carbocycles. The number of rotatable bonds is 6. The first-order chi connectivity index (χ1) is 13.4. The molecule has 0 radical (unpaired) electrons. The summed E-state index contributed by atoms with van der Waals surface area (Å²) in [5, 5.41) is 11.9. The average Bonchev–Trinajstić information content (AvgIpc) is 3.03. The first-order valence-electron chi connectivity index (χ1n) is 8.93.